The first-order chi connectivity index (χ1) is 15.7. The van der Waals surface area contributed by atoms with E-state index in [1.54, 1.807) is 24.4 Å². The number of amides is 1. The Kier molecular flexibility index (Phi) is 6.13. The Bertz CT molecular complexity index is 1260. The van der Waals surface area contributed by atoms with Gasteiger partial charge >= 0.3 is 6.18 Å². The van der Waals surface area contributed by atoms with Gasteiger partial charge in [0.25, 0.3) is 5.91 Å². The molecule has 3 aromatic rings. The highest BCUT2D eigenvalue weighted by atomic mass is 35.5. The van der Waals surface area contributed by atoms with Gasteiger partial charge in [-0.05, 0) is 55.3 Å². The molecule has 3 nitrogen and oxygen atoms in total. The number of hydrogen-bond donors (Lipinski definition) is 1. The number of carbonyl (C=O) groups is 1. The lowest BCUT2D eigenvalue weighted by Crippen LogP contribution is -2.34. The van der Waals surface area contributed by atoms with Gasteiger partial charge in [0, 0.05) is 29.3 Å². The number of nitrogens with one attached hydrogen (secondary N) is 1. The molecule has 1 heterocycles. The lowest BCUT2D eigenvalue weighted by molar-refractivity contribution is -0.137. The summed E-state index contributed by atoms with van der Waals surface area (Å²) in [5.41, 5.74) is -0.160. The molecule has 0 atom stereocenters. The summed E-state index contributed by atoms with van der Waals surface area (Å²) < 4.78 is 52.6. The number of hydrogen-bond acceptors (Lipinski definition) is 2. The van der Waals surface area contributed by atoms with Crippen molar-refractivity contribution in [3.05, 3.63) is 99.6 Å². The first kappa shape index (κ1) is 22.8. The smallest absolute Gasteiger partial charge is 0.351 e. The predicted octanol–water partition coefficient (Wildman–Crippen LogP) is 5.75. The number of aromatic nitrogens is 1. The molecule has 0 radical (unpaired) electrons. The maximum Gasteiger partial charge on any atom is 0.417 e. The van der Waals surface area contributed by atoms with Crippen molar-refractivity contribution in [2.24, 2.45) is 0 Å². The van der Waals surface area contributed by atoms with E-state index in [1.165, 1.54) is 24.3 Å². The number of rotatable bonds is 4. The topological polar surface area (TPSA) is 42.0 Å². The Balaban J connectivity index is 1.48. The van der Waals surface area contributed by atoms with E-state index in [1.807, 2.05) is 0 Å². The summed E-state index contributed by atoms with van der Waals surface area (Å²) in [6.07, 6.45) is -1.68. The van der Waals surface area contributed by atoms with Crippen LogP contribution >= 0.6 is 11.6 Å². The molecule has 0 saturated heterocycles. The maximum absolute atomic E-state index is 13.2. The van der Waals surface area contributed by atoms with Crippen LogP contribution < -0.4 is 5.32 Å². The summed E-state index contributed by atoms with van der Waals surface area (Å²) in [6.45, 7) is 0.116. The summed E-state index contributed by atoms with van der Waals surface area (Å²) in [5.74, 6) is 4.67. The van der Waals surface area contributed by atoms with E-state index in [4.69, 9.17) is 11.6 Å². The van der Waals surface area contributed by atoms with Crippen molar-refractivity contribution in [3.8, 4) is 11.8 Å². The van der Waals surface area contributed by atoms with Crippen molar-refractivity contribution >= 4 is 17.5 Å². The monoisotopic (exact) mass is 472 g/mol. The predicted molar refractivity (Wildman–Crippen MR) is 116 cm³/mol. The van der Waals surface area contributed by atoms with Crippen LogP contribution in [-0.4, -0.2) is 17.4 Å². The molecule has 1 amide bonds. The van der Waals surface area contributed by atoms with Gasteiger partial charge in [-0.25, -0.2) is 4.39 Å². The molecule has 1 aliphatic rings. The molecule has 0 spiro atoms. The van der Waals surface area contributed by atoms with Crippen molar-refractivity contribution in [1.82, 2.24) is 10.3 Å². The Morgan fingerprint density at radius 2 is 1.73 bits per heavy atom. The highest BCUT2D eigenvalue weighted by Gasteiger charge is 2.47. The van der Waals surface area contributed by atoms with Gasteiger partial charge in [-0.15, -0.1) is 0 Å². The van der Waals surface area contributed by atoms with Crippen LogP contribution in [0.2, 0.25) is 5.02 Å². The number of halogens is 5. The first-order valence-corrected chi connectivity index (χ1v) is 10.4. The lowest BCUT2D eigenvalue weighted by atomic mass is 10.00. The molecular formula is C25H17ClF4N2O. The number of nitrogens with zero attached hydrogens (tertiary/aromatic N) is 1. The van der Waals surface area contributed by atoms with Gasteiger partial charge in [0.15, 0.2) is 0 Å². The van der Waals surface area contributed by atoms with Gasteiger partial charge in [0.2, 0.25) is 0 Å². The lowest BCUT2D eigenvalue weighted by Gasteiger charge is -2.18. The second kappa shape index (κ2) is 8.87. The third-order valence-corrected chi connectivity index (χ3v) is 5.75. The number of alkyl halides is 3. The van der Waals surface area contributed by atoms with Crippen molar-refractivity contribution in [3.63, 3.8) is 0 Å². The van der Waals surface area contributed by atoms with Gasteiger partial charge < -0.3 is 5.32 Å². The molecule has 2 aromatic carbocycles. The first-order valence-electron chi connectivity index (χ1n) is 10.1. The van der Waals surface area contributed by atoms with Crippen molar-refractivity contribution in [1.29, 1.82) is 0 Å². The third kappa shape index (κ3) is 5.18. The third-order valence-electron chi connectivity index (χ3n) is 5.46. The van der Waals surface area contributed by atoms with Crippen LogP contribution in [-0.2, 0) is 11.6 Å². The van der Waals surface area contributed by atoms with Crippen LogP contribution in [0, 0.1) is 17.7 Å². The summed E-state index contributed by atoms with van der Waals surface area (Å²) >= 11 is 6.43. The standard InChI is InChI=1S/C25H17ClF4N2O/c26-21-13-17(6-5-16-7-9-18(27)10-8-16)14-31-22(21)24(11-12-24)15-32-23(33)19-3-1-2-4-20(19)25(28,29)30/h1-4,7-10,13-14H,11-12,15H2,(H,32,33). The minimum absolute atomic E-state index is 0.116. The molecule has 0 unspecified atom stereocenters. The second-order valence-electron chi connectivity index (χ2n) is 7.82. The molecule has 1 saturated carbocycles. The molecule has 33 heavy (non-hydrogen) atoms. The van der Waals surface area contributed by atoms with Gasteiger partial charge in [-0.3, -0.25) is 9.78 Å². The quantitative estimate of drug-likeness (QED) is 0.388. The van der Waals surface area contributed by atoms with Crippen molar-refractivity contribution < 1.29 is 22.4 Å². The van der Waals surface area contributed by atoms with Gasteiger partial charge in [-0.2, -0.15) is 13.2 Å². The van der Waals surface area contributed by atoms with E-state index >= 15 is 0 Å². The molecule has 0 bridgehead atoms. The molecule has 0 aliphatic heterocycles. The summed E-state index contributed by atoms with van der Waals surface area (Å²) in [4.78, 5) is 16.9. The van der Waals surface area contributed by atoms with Crippen LogP contribution in [0.4, 0.5) is 17.6 Å². The summed E-state index contributed by atoms with van der Waals surface area (Å²) in [7, 11) is 0. The van der Waals surface area contributed by atoms with Crippen molar-refractivity contribution in [2.75, 3.05) is 6.54 Å². The number of carbonyl (C=O) groups excluding carboxylic acids is 1. The average molecular weight is 473 g/mol. The molecule has 1 aromatic heterocycles. The highest BCUT2D eigenvalue weighted by molar-refractivity contribution is 6.31. The zero-order valence-corrected chi connectivity index (χ0v) is 17.9. The SMILES string of the molecule is O=C(NCC1(c2ncc(C#Cc3ccc(F)cc3)cc2Cl)CC1)c1ccccc1C(F)(F)F. The minimum atomic E-state index is -4.62. The van der Waals surface area contributed by atoms with Gasteiger partial charge in [0.1, 0.15) is 5.82 Å². The molecule has 1 N–H and O–H groups in total. The van der Waals surface area contributed by atoms with Crippen LogP contribution in [0.25, 0.3) is 0 Å². The molecule has 168 valence electrons. The Hall–Kier alpha value is -3.37. The van der Waals surface area contributed by atoms with Gasteiger partial charge in [-0.1, -0.05) is 35.6 Å². The zero-order chi connectivity index (χ0) is 23.6. The van der Waals surface area contributed by atoms with E-state index < -0.39 is 28.6 Å². The van der Waals surface area contributed by atoms with E-state index in [-0.39, 0.29) is 12.4 Å². The number of pyridine rings is 1. The Morgan fingerprint density at radius 1 is 1.06 bits per heavy atom. The fraction of sp³-hybridized carbons (Fsp3) is 0.200. The average Bonchev–Trinajstić information content (AvgIpc) is 3.57. The van der Waals surface area contributed by atoms with E-state index in [9.17, 15) is 22.4 Å². The van der Waals surface area contributed by atoms with E-state index in [0.717, 1.165) is 12.1 Å². The van der Waals surface area contributed by atoms with Crippen LogP contribution in [0.5, 0.6) is 0 Å². The fourth-order valence-electron chi connectivity index (χ4n) is 3.50. The van der Waals surface area contributed by atoms with Gasteiger partial charge in [0.05, 0.1) is 21.8 Å². The second-order valence-corrected chi connectivity index (χ2v) is 8.22. The summed E-state index contributed by atoms with van der Waals surface area (Å²) in [6, 6.07) is 12.1. The van der Waals surface area contributed by atoms with E-state index in [0.29, 0.717) is 34.7 Å². The van der Waals surface area contributed by atoms with Crippen LogP contribution in [0.15, 0.2) is 60.8 Å². The number of benzene rings is 2. The van der Waals surface area contributed by atoms with Crippen molar-refractivity contribution in [2.45, 2.75) is 24.4 Å². The van der Waals surface area contributed by atoms with Crippen LogP contribution in [0.3, 0.4) is 0 Å². The molecule has 1 fully saturated rings. The van der Waals surface area contributed by atoms with Crippen LogP contribution in [0.1, 0.15) is 45.6 Å². The molecule has 4 rings (SSSR count). The highest BCUT2D eigenvalue weighted by Crippen LogP contribution is 2.49. The molecule has 8 heteroatoms. The molecule has 1 aliphatic carbocycles. The maximum atomic E-state index is 13.2. The normalized spacial score (nSPS) is 14.2. The largest absolute Gasteiger partial charge is 0.417 e. The summed E-state index contributed by atoms with van der Waals surface area (Å²) in [5, 5.41) is 2.97. The Labute approximate surface area is 192 Å². The minimum Gasteiger partial charge on any atom is -0.351 e. The Morgan fingerprint density at radius 3 is 2.36 bits per heavy atom. The van der Waals surface area contributed by atoms with E-state index in [2.05, 4.69) is 22.1 Å². The zero-order valence-electron chi connectivity index (χ0n) is 17.1. The fourth-order valence-corrected chi connectivity index (χ4v) is 3.86. The molecular weight excluding hydrogens is 456 g/mol.